The van der Waals surface area contributed by atoms with Gasteiger partial charge in [-0.25, -0.2) is 0 Å². The van der Waals surface area contributed by atoms with Gasteiger partial charge < -0.3 is 10.0 Å². The number of amides is 1. The fraction of sp³-hybridized carbons (Fsp3) is 0.545. The number of nitrogens with zero attached hydrogens (tertiary/aromatic N) is 1. The Labute approximate surface area is 83.7 Å². The molecular formula is C11H15NO2. The van der Waals surface area contributed by atoms with Crippen LogP contribution in [0.1, 0.15) is 12.8 Å². The molecule has 14 heavy (non-hydrogen) atoms. The Morgan fingerprint density at radius 2 is 2.14 bits per heavy atom. The fourth-order valence-corrected chi connectivity index (χ4v) is 2.35. The molecule has 0 saturated carbocycles. The highest BCUT2D eigenvalue weighted by molar-refractivity contribution is 5.50. The van der Waals surface area contributed by atoms with Crippen molar-refractivity contribution in [2.24, 2.45) is 5.92 Å². The van der Waals surface area contributed by atoms with Gasteiger partial charge >= 0.3 is 0 Å². The van der Waals surface area contributed by atoms with Gasteiger partial charge in [0.1, 0.15) is 0 Å². The number of aliphatic hydroxyl groups is 1. The van der Waals surface area contributed by atoms with E-state index in [0.717, 1.165) is 19.3 Å². The summed E-state index contributed by atoms with van der Waals surface area (Å²) in [6.45, 7) is 0.0690. The molecular weight excluding hydrogens is 178 g/mol. The summed E-state index contributed by atoms with van der Waals surface area (Å²) >= 11 is 0. The van der Waals surface area contributed by atoms with Crippen molar-refractivity contribution in [3.63, 3.8) is 0 Å². The second kappa shape index (κ2) is 3.96. The molecule has 3 atom stereocenters. The minimum atomic E-state index is 0.00454. The van der Waals surface area contributed by atoms with E-state index >= 15 is 0 Å². The van der Waals surface area contributed by atoms with Crippen molar-refractivity contribution < 1.29 is 9.90 Å². The van der Waals surface area contributed by atoms with E-state index in [1.807, 2.05) is 18.2 Å². The van der Waals surface area contributed by atoms with Crippen molar-refractivity contribution in [3.8, 4) is 0 Å². The minimum Gasteiger partial charge on any atom is -0.394 e. The van der Waals surface area contributed by atoms with Crippen molar-refractivity contribution in [2.45, 2.75) is 24.9 Å². The van der Waals surface area contributed by atoms with Crippen LogP contribution in [-0.2, 0) is 4.79 Å². The lowest BCUT2D eigenvalue weighted by molar-refractivity contribution is -0.125. The molecule has 1 heterocycles. The summed E-state index contributed by atoms with van der Waals surface area (Å²) in [7, 11) is 0. The zero-order chi connectivity index (χ0) is 9.97. The zero-order valence-electron chi connectivity index (χ0n) is 8.04. The molecule has 0 aromatic carbocycles. The Morgan fingerprint density at radius 3 is 2.86 bits per heavy atom. The van der Waals surface area contributed by atoms with E-state index in [0.29, 0.717) is 5.92 Å². The maximum Gasteiger partial charge on any atom is 0.210 e. The van der Waals surface area contributed by atoms with E-state index in [2.05, 4.69) is 6.08 Å². The third-order valence-corrected chi connectivity index (χ3v) is 3.15. The quantitative estimate of drug-likeness (QED) is 0.656. The molecule has 3 heteroatoms. The molecule has 1 saturated heterocycles. The summed E-state index contributed by atoms with van der Waals surface area (Å²) in [4.78, 5) is 12.7. The molecule has 0 spiro atoms. The van der Waals surface area contributed by atoms with Gasteiger partial charge in [-0.1, -0.05) is 24.3 Å². The first-order valence-corrected chi connectivity index (χ1v) is 5.05. The highest BCUT2D eigenvalue weighted by atomic mass is 16.3. The summed E-state index contributed by atoms with van der Waals surface area (Å²) in [5.41, 5.74) is 0. The molecule has 1 aliphatic carbocycles. The molecule has 76 valence electrons. The Balaban J connectivity index is 2.18. The maximum atomic E-state index is 10.9. The number of allylic oxidation sites excluding steroid dienone is 2. The number of hydrogen-bond acceptors (Lipinski definition) is 2. The van der Waals surface area contributed by atoms with E-state index < -0.39 is 0 Å². The van der Waals surface area contributed by atoms with E-state index in [9.17, 15) is 4.79 Å². The molecule has 1 aliphatic heterocycles. The van der Waals surface area contributed by atoms with Crippen LogP contribution < -0.4 is 0 Å². The van der Waals surface area contributed by atoms with E-state index in [-0.39, 0.29) is 18.7 Å². The summed E-state index contributed by atoms with van der Waals surface area (Å²) < 4.78 is 0. The smallest absolute Gasteiger partial charge is 0.210 e. The first kappa shape index (κ1) is 9.46. The average molecular weight is 193 g/mol. The van der Waals surface area contributed by atoms with Crippen LogP contribution in [0.4, 0.5) is 0 Å². The average Bonchev–Trinajstić information content (AvgIpc) is 2.27. The van der Waals surface area contributed by atoms with E-state index in [1.54, 1.807) is 4.90 Å². The van der Waals surface area contributed by atoms with Crippen LogP contribution >= 0.6 is 0 Å². The maximum absolute atomic E-state index is 10.9. The lowest BCUT2D eigenvalue weighted by Gasteiger charge is -2.42. The van der Waals surface area contributed by atoms with Gasteiger partial charge in [-0.15, -0.1) is 0 Å². The molecule has 0 radical (unpaired) electrons. The van der Waals surface area contributed by atoms with Gasteiger partial charge in [0.15, 0.2) is 0 Å². The predicted molar refractivity (Wildman–Crippen MR) is 53.6 cm³/mol. The largest absolute Gasteiger partial charge is 0.394 e. The van der Waals surface area contributed by atoms with Gasteiger partial charge in [0.05, 0.1) is 18.7 Å². The fourth-order valence-electron chi connectivity index (χ4n) is 2.35. The number of aliphatic hydroxyl groups excluding tert-OH is 1. The molecule has 0 aromatic rings. The highest BCUT2D eigenvalue weighted by Gasteiger charge is 2.33. The third-order valence-electron chi connectivity index (χ3n) is 3.15. The topological polar surface area (TPSA) is 40.5 Å². The Bertz CT molecular complexity index is 272. The van der Waals surface area contributed by atoms with Crippen molar-refractivity contribution in [2.75, 3.05) is 6.61 Å². The monoisotopic (exact) mass is 193 g/mol. The SMILES string of the molecule is O=CN1C(CO)CCC2C=CC=CC21. The van der Waals surface area contributed by atoms with Crippen LogP contribution in [0.5, 0.6) is 0 Å². The van der Waals surface area contributed by atoms with Gasteiger partial charge in [-0.2, -0.15) is 0 Å². The first-order valence-electron chi connectivity index (χ1n) is 5.05. The number of fused-ring (bicyclic) bond motifs is 1. The number of carbonyl (C=O) groups is 1. The van der Waals surface area contributed by atoms with Crippen LogP contribution in [-0.4, -0.2) is 35.1 Å². The second-order valence-corrected chi connectivity index (χ2v) is 3.89. The number of piperidine rings is 1. The zero-order valence-corrected chi connectivity index (χ0v) is 8.04. The van der Waals surface area contributed by atoms with Crippen LogP contribution in [0.2, 0.25) is 0 Å². The third kappa shape index (κ3) is 1.48. The second-order valence-electron chi connectivity index (χ2n) is 3.89. The molecule has 3 nitrogen and oxygen atoms in total. The normalized spacial score (nSPS) is 35.5. The first-order chi connectivity index (χ1) is 6.86. The molecule has 1 amide bonds. The molecule has 0 bridgehead atoms. The molecule has 2 rings (SSSR count). The lowest BCUT2D eigenvalue weighted by atomic mass is 9.83. The van der Waals surface area contributed by atoms with Crippen LogP contribution in [0.15, 0.2) is 24.3 Å². The molecule has 1 N–H and O–H groups in total. The number of likely N-dealkylation sites (tertiary alicyclic amines) is 1. The van der Waals surface area contributed by atoms with Crippen LogP contribution in [0, 0.1) is 5.92 Å². The van der Waals surface area contributed by atoms with Gasteiger partial charge in [0.25, 0.3) is 0 Å². The lowest BCUT2D eigenvalue weighted by Crippen LogP contribution is -2.50. The van der Waals surface area contributed by atoms with Gasteiger partial charge in [0.2, 0.25) is 6.41 Å². The van der Waals surface area contributed by atoms with E-state index in [4.69, 9.17) is 5.11 Å². The van der Waals surface area contributed by atoms with Gasteiger partial charge in [0, 0.05) is 5.92 Å². The number of carbonyl (C=O) groups excluding carboxylic acids is 1. The number of hydrogen-bond donors (Lipinski definition) is 1. The minimum absolute atomic E-state index is 0.00454. The van der Waals surface area contributed by atoms with Gasteiger partial charge in [-0.05, 0) is 12.8 Å². The van der Waals surface area contributed by atoms with Crippen molar-refractivity contribution in [3.05, 3.63) is 24.3 Å². The summed E-state index contributed by atoms with van der Waals surface area (Å²) in [5, 5.41) is 9.14. The predicted octanol–water partition coefficient (Wildman–Crippen LogP) is 0.710. The molecule has 1 fully saturated rings. The van der Waals surface area contributed by atoms with Crippen LogP contribution in [0.3, 0.4) is 0 Å². The standard InChI is InChI=1S/C11H15NO2/c13-7-10-6-5-9-3-1-2-4-11(9)12(10)8-14/h1-4,8-11,13H,5-7H2. The van der Waals surface area contributed by atoms with Crippen molar-refractivity contribution in [1.82, 2.24) is 4.90 Å². The van der Waals surface area contributed by atoms with Crippen molar-refractivity contribution >= 4 is 6.41 Å². The Hall–Kier alpha value is -1.09. The molecule has 3 unspecified atom stereocenters. The number of rotatable bonds is 2. The summed E-state index contributed by atoms with van der Waals surface area (Å²) in [5.74, 6) is 0.438. The van der Waals surface area contributed by atoms with E-state index in [1.165, 1.54) is 0 Å². The molecule has 2 aliphatic rings. The summed E-state index contributed by atoms with van der Waals surface area (Å²) in [6, 6.07) is 0.160. The van der Waals surface area contributed by atoms with Gasteiger partial charge in [-0.3, -0.25) is 4.79 Å². The van der Waals surface area contributed by atoms with Crippen LogP contribution in [0.25, 0.3) is 0 Å². The Kier molecular flexibility index (Phi) is 2.68. The molecule has 0 aromatic heterocycles. The van der Waals surface area contributed by atoms with Crippen molar-refractivity contribution in [1.29, 1.82) is 0 Å². The Morgan fingerprint density at radius 1 is 1.36 bits per heavy atom. The summed E-state index contributed by atoms with van der Waals surface area (Å²) in [6.07, 6.45) is 11.0. The highest BCUT2D eigenvalue weighted by Crippen LogP contribution is 2.30.